The Morgan fingerprint density at radius 3 is 3.05 bits per heavy atom. The number of benzene rings is 1. The standard InChI is InChI=1S/C18H20N2O/c21-16-6-5-11-9-12-10-19-8-7-13(12)17-14-3-1-2-4-15(14)20(16)18(11)17/h1-4,11-13,19H,5-10H2/t11-,12+,13-/m0/s1. The number of rotatable bonds is 0. The number of carbonyl (C=O) groups excluding carboxylic acids is 1. The van der Waals surface area contributed by atoms with Crippen LogP contribution in [0.25, 0.3) is 10.9 Å². The van der Waals surface area contributed by atoms with Crippen LogP contribution in [0.3, 0.4) is 0 Å². The summed E-state index contributed by atoms with van der Waals surface area (Å²) >= 11 is 0. The molecule has 3 heteroatoms. The summed E-state index contributed by atoms with van der Waals surface area (Å²) in [5, 5.41) is 4.90. The van der Waals surface area contributed by atoms with Crippen LogP contribution in [0.4, 0.5) is 0 Å². The molecule has 0 unspecified atom stereocenters. The third kappa shape index (κ3) is 1.50. The molecule has 3 nitrogen and oxygen atoms in total. The van der Waals surface area contributed by atoms with Gasteiger partial charge in [-0.2, -0.15) is 0 Å². The van der Waals surface area contributed by atoms with Gasteiger partial charge >= 0.3 is 0 Å². The predicted octanol–water partition coefficient (Wildman–Crippen LogP) is 3.26. The Morgan fingerprint density at radius 1 is 1.19 bits per heavy atom. The van der Waals surface area contributed by atoms with E-state index in [0.717, 1.165) is 30.9 Å². The number of hydrogen-bond acceptors (Lipinski definition) is 2. The SMILES string of the molecule is O=C1CC[C@H]2C[C@@H]3CNCC[C@@H]3c3c2n1c1ccccc31. The molecule has 0 spiro atoms. The van der Waals surface area contributed by atoms with E-state index < -0.39 is 0 Å². The van der Waals surface area contributed by atoms with Crippen LogP contribution >= 0.6 is 0 Å². The highest BCUT2D eigenvalue weighted by molar-refractivity contribution is 5.97. The first-order chi connectivity index (χ1) is 10.3. The fraction of sp³-hybridized carbons (Fsp3) is 0.500. The molecule has 2 aromatic rings. The van der Waals surface area contributed by atoms with Crippen molar-refractivity contribution in [3.63, 3.8) is 0 Å². The highest BCUT2D eigenvalue weighted by Gasteiger charge is 2.42. The second-order valence-corrected chi connectivity index (χ2v) is 6.88. The summed E-state index contributed by atoms with van der Waals surface area (Å²) in [5.41, 5.74) is 4.04. The van der Waals surface area contributed by atoms with E-state index in [9.17, 15) is 4.79 Å². The van der Waals surface area contributed by atoms with Crippen LogP contribution in [-0.4, -0.2) is 23.6 Å². The molecule has 3 aliphatic rings. The number of aromatic nitrogens is 1. The lowest BCUT2D eigenvalue weighted by molar-refractivity contribution is 0.0869. The third-order valence-corrected chi connectivity index (χ3v) is 5.86. The van der Waals surface area contributed by atoms with E-state index in [0.29, 0.717) is 24.2 Å². The summed E-state index contributed by atoms with van der Waals surface area (Å²) in [5.74, 6) is 2.29. The Bertz CT molecular complexity index is 745. The molecule has 0 saturated carbocycles. The van der Waals surface area contributed by atoms with Crippen molar-refractivity contribution in [3.8, 4) is 0 Å². The number of hydrogen-bond donors (Lipinski definition) is 1. The maximum Gasteiger partial charge on any atom is 0.231 e. The van der Waals surface area contributed by atoms with Crippen molar-refractivity contribution in [2.45, 2.75) is 37.5 Å². The molecule has 1 fully saturated rings. The number of piperidine rings is 1. The molecular weight excluding hydrogens is 260 g/mol. The summed E-state index contributed by atoms with van der Waals surface area (Å²) in [4.78, 5) is 12.5. The monoisotopic (exact) mass is 280 g/mol. The zero-order valence-electron chi connectivity index (χ0n) is 12.1. The van der Waals surface area contributed by atoms with Crippen LogP contribution in [0.2, 0.25) is 0 Å². The predicted molar refractivity (Wildman–Crippen MR) is 82.9 cm³/mol. The molecule has 1 N–H and O–H groups in total. The second-order valence-electron chi connectivity index (χ2n) is 6.88. The minimum absolute atomic E-state index is 0.302. The van der Waals surface area contributed by atoms with Gasteiger partial charge in [-0.25, -0.2) is 0 Å². The van der Waals surface area contributed by atoms with Gasteiger partial charge in [-0.3, -0.25) is 9.36 Å². The van der Waals surface area contributed by atoms with Crippen LogP contribution in [0, 0.1) is 5.92 Å². The van der Waals surface area contributed by atoms with Crippen molar-refractivity contribution in [1.29, 1.82) is 0 Å². The average Bonchev–Trinajstić information content (AvgIpc) is 2.88. The van der Waals surface area contributed by atoms with E-state index in [1.54, 1.807) is 0 Å². The topological polar surface area (TPSA) is 34.0 Å². The van der Waals surface area contributed by atoms with E-state index in [1.807, 2.05) is 0 Å². The number of fused-ring (bicyclic) bond motifs is 5. The fourth-order valence-electron chi connectivity index (χ4n) is 5.04. The number of nitrogens with zero attached hydrogens (tertiary/aromatic N) is 1. The molecule has 5 rings (SSSR count). The summed E-state index contributed by atoms with van der Waals surface area (Å²) in [6.07, 6.45) is 4.23. The first-order valence-corrected chi connectivity index (χ1v) is 8.21. The number of carbonyl (C=O) groups is 1. The summed E-state index contributed by atoms with van der Waals surface area (Å²) in [7, 11) is 0. The minimum Gasteiger partial charge on any atom is -0.316 e. The molecule has 1 aliphatic carbocycles. The Balaban J connectivity index is 1.86. The average molecular weight is 280 g/mol. The summed E-state index contributed by atoms with van der Waals surface area (Å²) < 4.78 is 2.07. The molecule has 2 aliphatic heterocycles. The van der Waals surface area contributed by atoms with Crippen molar-refractivity contribution >= 4 is 16.8 Å². The molecule has 3 atom stereocenters. The van der Waals surface area contributed by atoms with E-state index in [4.69, 9.17) is 0 Å². The normalized spacial score (nSPS) is 31.0. The molecule has 21 heavy (non-hydrogen) atoms. The van der Waals surface area contributed by atoms with Gasteiger partial charge in [0.1, 0.15) is 0 Å². The van der Waals surface area contributed by atoms with Gasteiger partial charge in [-0.05, 0) is 55.8 Å². The Hall–Kier alpha value is -1.61. The van der Waals surface area contributed by atoms with Crippen LogP contribution in [0.1, 0.15) is 53.6 Å². The first kappa shape index (κ1) is 12.0. The van der Waals surface area contributed by atoms with Gasteiger partial charge in [-0.15, -0.1) is 0 Å². The number of nitrogens with one attached hydrogen (secondary N) is 1. The Kier molecular flexibility index (Phi) is 2.40. The minimum atomic E-state index is 0.302. The molecule has 3 heterocycles. The van der Waals surface area contributed by atoms with E-state index in [-0.39, 0.29) is 0 Å². The molecular formula is C18H20N2O. The molecule has 0 bridgehead atoms. The zero-order valence-corrected chi connectivity index (χ0v) is 12.1. The van der Waals surface area contributed by atoms with E-state index >= 15 is 0 Å². The second kappa shape index (κ2) is 4.20. The largest absolute Gasteiger partial charge is 0.316 e. The lowest BCUT2D eigenvalue weighted by Crippen LogP contribution is -2.40. The lowest BCUT2D eigenvalue weighted by atomic mass is 9.68. The Labute approximate surface area is 124 Å². The first-order valence-electron chi connectivity index (χ1n) is 8.21. The molecule has 1 aromatic carbocycles. The molecule has 1 saturated heterocycles. The van der Waals surface area contributed by atoms with Gasteiger partial charge in [0.05, 0.1) is 5.52 Å². The maximum atomic E-state index is 12.5. The molecule has 108 valence electrons. The van der Waals surface area contributed by atoms with Gasteiger partial charge in [0, 0.05) is 23.4 Å². The van der Waals surface area contributed by atoms with Crippen molar-refractivity contribution < 1.29 is 4.79 Å². The summed E-state index contributed by atoms with van der Waals surface area (Å²) in [6.45, 7) is 2.26. The maximum absolute atomic E-state index is 12.5. The van der Waals surface area contributed by atoms with Gasteiger partial charge in [0.25, 0.3) is 0 Å². The van der Waals surface area contributed by atoms with Crippen molar-refractivity contribution in [2.24, 2.45) is 5.92 Å². The van der Waals surface area contributed by atoms with Gasteiger partial charge < -0.3 is 5.32 Å². The van der Waals surface area contributed by atoms with E-state index in [1.165, 1.54) is 29.5 Å². The third-order valence-electron chi connectivity index (χ3n) is 5.86. The lowest BCUT2D eigenvalue weighted by Gasteiger charge is -2.41. The van der Waals surface area contributed by atoms with Crippen molar-refractivity contribution in [2.75, 3.05) is 13.1 Å². The smallest absolute Gasteiger partial charge is 0.231 e. The van der Waals surface area contributed by atoms with E-state index in [2.05, 4.69) is 34.1 Å². The molecule has 1 aromatic heterocycles. The van der Waals surface area contributed by atoms with Crippen molar-refractivity contribution in [3.05, 3.63) is 35.5 Å². The van der Waals surface area contributed by atoms with Crippen LogP contribution < -0.4 is 5.32 Å². The van der Waals surface area contributed by atoms with Crippen LogP contribution in [0.5, 0.6) is 0 Å². The van der Waals surface area contributed by atoms with Gasteiger partial charge in [0.2, 0.25) is 5.91 Å². The van der Waals surface area contributed by atoms with Gasteiger partial charge in [0.15, 0.2) is 0 Å². The summed E-state index contributed by atoms with van der Waals surface area (Å²) in [6, 6.07) is 8.54. The highest BCUT2D eigenvalue weighted by atomic mass is 16.2. The van der Waals surface area contributed by atoms with Crippen LogP contribution in [0.15, 0.2) is 24.3 Å². The fourth-order valence-corrected chi connectivity index (χ4v) is 5.04. The van der Waals surface area contributed by atoms with Gasteiger partial charge in [-0.1, -0.05) is 18.2 Å². The molecule has 0 amide bonds. The number of para-hydroxylation sites is 1. The quantitative estimate of drug-likeness (QED) is 0.803. The van der Waals surface area contributed by atoms with Crippen molar-refractivity contribution in [1.82, 2.24) is 9.88 Å². The Morgan fingerprint density at radius 2 is 2.10 bits per heavy atom. The zero-order chi connectivity index (χ0) is 14.0. The molecule has 0 radical (unpaired) electrons. The van der Waals surface area contributed by atoms with Crippen LogP contribution in [-0.2, 0) is 0 Å². The highest BCUT2D eigenvalue weighted by Crippen LogP contribution is 2.52.